The van der Waals surface area contributed by atoms with E-state index in [0.29, 0.717) is 17.1 Å². The summed E-state index contributed by atoms with van der Waals surface area (Å²) in [6, 6.07) is 2.47. The van der Waals surface area contributed by atoms with Crippen molar-refractivity contribution in [2.24, 2.45) is 5.92 Å². The van der Waals surface area contributed by atoms with Crippen molar-refractivity contribution in [1.82, 2.24) is 5.32 Å². The first-order valence-corrected chi connectivity index (χ1v) is 6.40. The number of ether oxygens (including phenoxy) is 2. The molecular weight excluding hydrogens is 286 g/mol. The smallest absolute Gasteiger partial charge is 0.308 e. The minimum atomic E-state index is -0.971. The molecule has 1 aliphatic heterocycles. The van der Waals surface area contributed by atoms with Crippen LogP contribution < -0.4 is 14.8 Å². The number of hydrogen-bond donors (Lipinski definition) is 2. The number of carbonyl (C=O) groups excluding carboxylic acids is 1. The van der Waals surface area contributed by atoms with Crippen molar-refractivity contribution in [2.45, 2.75) is 19.9 Å². The molecule has 7 heteroatoms. The molecule has 20 heavy (non-hydrogen) atoms. The molecule has 0 aliphatic carbocycles. The van der Waals surface area contributed by atoms with Gasteiger partial charge in [0.05, 0.1) is 10.9 Å². The van der Waals surface area contributed by atoms with Crippen molar-refractivity contribution >= 4 is 23.5 Å². The number of aliphatic carboxylic acids is 1. The van der Waals surface area contributed by atoms with E-state index in [2.05, 4.69) is 5.32 Å². The Morgan fingerprint density at radius 1 is 1.35 bits per heavy atom. The average Bonchev–Trinajstić information content (AvgIpc) is 2.86. The number of hydrogen-bond acceptors (Lipinski definition) is 4. The number of fused-ring (bicyclic) bond motifs is 1. The number of benzene rings is 1. The maximum atomic E-state index is 12.1. The number of carbonyl (C=O) groups is 2. The lowest BCUT2D eigenvalue weighted by atomic mass is 10.0. The van der Waals surface area contributed by atoms with E-state index < -0.39 is 23.8 Å². The van der Waals surface area contributed by atoms with E-state index in [-0.39, 0.29) is 11.8 Å². The van der Waals surface area contributed by atoms with Crippen molar-refractivity contribution < 1.29 is 24.2 Å². The van der Waals surface area contributed by atoms with Crippen LogP contribution in [0.15, 0.2) is 12.1 Å². The summed E-state index contributed by atoms with van der Waals surface area (Å²) in [5, 5.41) is 11.8. The van der Waals surface area contributed by atoms with Crippen LogP contribution in [-0.4, -0.2) is 29.8 Å². The first-order valence-electron chi connectivity index (χ1n) is 6.03. The molecule has 0 fully saturated rings. The molecule has 0 aromatic heterocycles. The minimum absolute atomic E-state index is 0.0621. The average molecular weight is 300 g/mol. The van der Waals surface area contributed by atoms with Gasteiger partial charge in [0.15, 0.2) is 11.5 Å². The Morgan fingerprint density at radius 3 is 2.70 bits per heavy atom. The highest BCUT2D eigenvalue weighted by molar-refractivity contribution is 6.32. The number of nitrogens with one attached hydrogen (secondary N) is 1. The van der Waals surface area contributed by atoms with Gasteiger partial charge in [0, 0.05) is 11.6 Å². The molecule has 0 bridgehead atoms. The Balaban J connectivity index is 2.14. The van der Waals surface area contributed by atoms with Gasteiger partial charge < -0.3 is 19.9 Å². The molecular formula is C13H14ClNO5. The van der Waals surface area contributed by atoms with Crippen molar-refractivity contribution in [2.75, 3.05) is 6.79 Å². The third-order valence-electron chi connectivity index (χ3n) is 3.19. The molecule has 2 atom stereocenters. The highest BCUT2D eigenvalue weighted by Crippen LogP contribution is 2.39. The van der Waals surface area contributed by atoms with E-state index in [1.807, 2.05) is 0 Å². The summed E-state index contributed by atoms with van der Waals surface area (Å²) in [5.41, 5.74) is 0.295. The van der Waals surface area contributed by atoms with E-state index in [1.54, 1.807) is 6.92 Å². The molecule has 2 N–H and O–H groups in total. The second-order valence-corrected chi connectivity index (χ2v) is 4.99. The van der Waals surface area contributed by atoms with Crippen LogP contribution in [0.1, 0.15) is 24.2 Å². The number of halogens is 1. The van der Waals surface area contributed by atoms with E-state index in [1.165, 1.54) is 19.1 Å². The van der Waals surface area contributed by atoms with Gasteiger partial charge in [0.2, 0.25) is 6.79 Å². The van der Waals surface area contributed by atoms with Gasteiger partial charge in [-0.15, -0.1) is 0 Å². The number of rotatable bonds is 4. The minimum Gasteiger partial charge on any atom is -0.481 e. The van der Waals surface area contributed by atoms with Crippen LogP contribution in [0.2, 0.25) is 5.02 Å². The molecule has 0 saturated heterocycles. The van der Waals surface area contributed by atoms with Gasteiger partial charge in [-0.2, -0.15) is 0 Å². The van der Waals surface area contributed by atoms with Gasteiger partial charge in [-0.1, -0.05) is 11.6 Å². The Labute approximate surface area is 120 Å². The van der Waals surface area contributed by atoms with Crippen LogP contribution in [0, 0.1) is 5.92 Å². The molecule has 2 rings (SSSR count). The Morgan fingerprint density at radius 2 is 2.05 bits per heavy atom. The van der Waals surface area contributed by atoms with E-state index in [9.17, 15) is 9.59 Å². The van der Waals surface area contributed by atoms with E-state index >= 15 is 0 Å². The first-order chi connectivity index (χ1) is 9.40. The van der Waals surface area contributed by atoms with Gasteiger partial charge >= 0.3 is 5.97 Å². The molecule has 1 amide bonds. The Hall–Kier alpha value is -1.95. The fraction of sp³-hybridized carbons (Fsp3) is 0.385. The summed E-state index contributed by atoms with van der Waals surface area (Å²) in [7, 11) is 0. The van der Waals surface area contributed by atoms with Crippen LogP contribution in [-0.2, 0) is 4.79 Å². The third kappa shape index (κ3) is 2.80. The van der Waals surface area contributed by atoms with Crippen LogP contribution in [0.4, 0.5) is 0 Å². The van der Waals surface area contributed by atoms with Crippen molar-refractivity contribution in [3.63, 3.8) is 0 Å². The largest absolute Gasteiger partial charge is 0.481 e. The zero-order valence-corrected chi connectivity index (χ0v) is 11.7. The summed E-state index contributed by atoms with van der Waals surface area (Å²) >= 11 is 5.99. The molecule has 0 saturated carbocycles. The fourth-order valence-electron chi connectivity index (χ4n) is 1.73. The molecule has 2 unspecified atom stereocenters. The highest BCUT2D eigenvalue weighted by atomic mass is 35.5. The molecule has 1 aliphatic rings. The number of carboxylic acids is 1. The fourth-order valence-corrected chi connectivity index (χ4v) is 1.99. The van der Waals surface area contributed by atoms with Gasteiger partial charge in [-0.25, -0.2) is 0 Å². The Bertz CT molecular complexity index is 560. The zero-order chi connectivity index (χ0) is 14.9. The van der Waals surface area contributed by atoms with Gasteiger partial charge in [0.25, 0.3) is 5.91 Å². The molecule has 6 nitrogen and oxygen atoms in total. The topological polar surface area (TPSA) is 84.9 Å². The molecule has 1 aromatic rings. The Kier molecular flexibility index (Phi) is 4.04. The quantitative estimate of drug-likeness (QED) is 0.887. The number of carboxylic acid groups (broad SMARTS) is 1. The monoisotopic (exact) mass is 299 g/mol. The molecule has 1 aromatic carbocycles. The van der Waals surface area contributed by atoms with Crippen molar-refractivity contribution in [1.29, 1.82) is 0 Å². The maximum Gasteiger partial charge on any atom is 0.308 e. The van der Waals surface area contributed by atoms with Crippen molar-refractivity contribution in [3.05, 3.63) is 22.7 Å². The summed E-state index contributed by atoms with van der Waals surface area (Å²) in [6.07, 6.45) is 0. The van der Waals surface area contributed by atoms with Gasteiger partial charge in [-0.05, 0) is 26.0 Å². The number of amides is 1. The summed E-state index contributed by atoms with van der Waals surface area (Å²) < 4.78 is 10.3. The highest BCUT2D eigenvalue weighted by Gasteiger charge is 2.24. The molecule has 1 heterocycles. The zero-order valence-electron chi connectivity index (χ0n) is 11.0. The molecule has 0 spiro atoms. The van der Waals surface area contributed by atoms with Crippen molar-refractivity contribution in [3.8, 4) is 11.5 Å². The standard InChI is InChI=1S/C13H14ClNO5/c1-6(13(17)18)7(2)15-12(16)8-3-9(14)11-10(4-8)19-5-20-11/h3-4,6-7H,5H2,1-2H3,(H,15,16)(H,17,18). The molecule has 0 radical (unpaired) electrons. The lowest BCUT2D eigenvalue weighted by Gasteiger charge is -2.18. The normalized spacial score (nSPS) is 15.6. The lowest BCUT2D eigenvalue weighted by Crippen LogP contribution is -2.40. The summed E-state index contributed by atoms with van der Waals surface area (Å²) in [6.45, 7) is 3.22. The SMILES string of the molecule is CC(NC(=O)c1cc(Cl)c2c(c1)OCO2)C(C)C(=O)O. The third-order valence-corrected chi connectivity index (χ3v) is 3.47. The first kappa shape index (κ1) is 14.5. The van der Waals surface area contributed by atoms with Crippen LogP contribution in [0.3, 0.4) is 0 Å². The summed E-state index contributed by atoms with van der Waals surface area (Å²) in [5.74, 6) is -1.26. The maximum absolute atomic E-state index is 12.1. The van der Waals surface area contributed by atoms with Gasteiger partial charge in [-0.3, -0.25) is 9.59 Å². The van der Waals surface area contributed by atoms with E-state index in [4.69, 9.17) is 26.2 Å². The second-order valence-electron chi connectivity index (χ2n) is 4.58. The van der Waals surface area contributed by atoms with E-state index in [0.717, 1.165) is 0 Å². The summed E-state index contributed by atoms with van der Waals surface area (Å²) in [4.78, 5) is 22.9. The van der Waals surface area contributed by atoms with Crippen LogP contribution >= 0.6 is 11.6 Å². The van der Waals surface area contributed by atoms with Gasteiger partial charge in [0.1, 0.15) is 0 Å². The predicted molar refractivity (Wildman–Crippen MR) is 71.3 cm³/mol. The lowest BCUT2D eigenvalue weighted by molar-refractivity contribution is -0.141. The van der Waals surface area contributed by atoms with Crippen LogP contribution in [0.5, 0.6) is 11.5 Å². The second kappa shape index (κ2) is 5.58. The van der Waals surface area contributed by atoms with Crippen LogP contribution in [0.25, 0.3) is 0 Å². The predicted octanol–water partition coefficient (Wildman–Crippen LogP) is 1.91. The molecule has 108 valence electrons.